The maximum atomic E-state index is 10.7. The van der Waals surface area contributed by atoms with Crippen LogP contribution in [0.3, 0.4) is 0 Å². The van der Waals surface area contributed by atoms with Gasteiger partial charge in [-0.15, -0.1) is 0 Å². The normalized spacial score (nSPS) is 10.3. The van der Waals surface area contributed by atoms with Gasteiger partial charge in [-0.05, 0) is 19.9 Å². The van der Waals surface area contributed by atoms with Crippen LogP contribution in [0.1, 0.15) is 17.1 Å². The van der Waals surface area contributed by atoms with Crippen molar-refractivity contribution in [3.63, 3.8) is 0 Å². The standard InChI is InChI=1S/C14H14N2O2/c1-9-3-5-11(6-4-9)13-7-12(8-14(17)18)15-10(2)16-13/h3-7H,8H2,1-2H3,(H,17,18). The summed E-state index contributed by atoms with van der Waals surface area (Å²) in [5.41, 5.74) is 3.44. The van der Waals surface area contributed by atoms with Gasteiger partial charge in [0.05, 0.1) is 17.8 Å². The molecular weight excluding hydrogens is 228 g/mol. The van der Waals surface area contributed by atoms with Crippen molar-refractivity contribution in [3.8, 4) is 11.3 Å². The molecule has 4 heteroatoms. The van der Waals surface area contributed by atoms with E-state index < -0.39 is 5.97 Å². The molecule has 2 aromatic rings. The van der Waals surface area contributed by atoms with Crippen molar-refractivity contribution < 1.29 is 9.90 Å². The Kier molecular flexibility index (Phi) is 3.37. The molecule has 0 aliphatic rings. The second-order valence-electron chi connectivity index (χ2n) is 4.23. The zero-order chi connectivity index (χ0) is 13.1. The summed E-state index contributed by atoms with van der Waals surface area (Å²) >= 11 is 0. The zero-order valence-corrected chi connectivity index (χ0v) is 10.3. The summed E-state index contributed by atoms with van der Waals surface area (Å²) in [5.74, 6) is -0.299. The SMILES string of the molecule is Cc1ccc(-c2cc(CC(=O)O)nc(C)n2)cc1. The van der Waals surface area contributed by atoms with E-state index in [-0.39, 0.29) is 6.42 Å². The molecule has 0 aliphatic heterocycles. The minimum Gasteiger partial charge on any atom is -0.481 e. The molecule has 0 spiro atoms. The highest BCUT2D eigenvalue weighted by Gasteiger charge is 2.07. The number of aryl methyl sites for hydroxylation is 2. The summed E-state index contributed by atoms with van der Waals surface area (Å²) in [5, 5.41) is 8.80. The number of hydrogen-bond donors (Lipinski definition) is 1. The number of benzene rings is 1. The van der Waals surface area contributed by atoms with Crippen molar-refractivity contribution in [2.45, 2.75) is 20.3 Å². The second kappa shape index (κ2) is 4.96. The number of nitrogens with zero attached hydrogens (tertiary/aromatic N) is 2. The van der Waals surface area contributed by atoms with Gasteiger partial charge in [-0.2, -0.15) is 0 Å². The lowest BCUT2D eigenvalue weighted by atomic mass is 10.1. The smallest absolute Gasteiger partial charge is 0.309 e. The molecular formula is C14H14N2O2. The largest absolute Gasteiger partial charge is 0.481 e. The fraction of sp³-hybridized carbons (Fsp3) is 0.214. The van der Waals surface area contributed by atoms with Gasteiger partial charge in [-0.1, -0.05) is 29.8 Å². The van der Waals surface area contributed by atoms with Crippen LogP contribution in [-0.2, 0) is 11.2 Å². The molecule has 1 heterocycles. The lowest BCUT2D eigenvalue weighted by Crippen LogP contribution is -2.05. The predicted octanol–water partition coefficient (Wildman–Crippen LogP) is 2.39. The first-order valence-corrected chi connectivity index (χ1v) is 5.68. The lowest BCUT2D eigenvalue weighted by Gasteiger charge is -2.05. The van der Waals surface area contributed by atoms with Gasteiger partial charge in [0.15, 0.2) is 0 Å². The number of carboxylic acid groups (broad SMARTS) is 1. The summed E-state index contributed by atoms with van der Waals surface area (Å²) in [6, 6.07) is 9.68. The molecule has 0 radical (unpaired) electrons. The van der Waals surface area contributed by atoms with E-state index in [2.05, 4.69) is 9.97 Å². The van der Waals surface area contributed by atoms with E-state index in [1.165, 1.54) is 5.56 Å². The van der Waals surface area contributed by atoms with Gasteiger partial charge >= 0.3 is 5.97 Å². The average molecular weight is 242 g/mol. The zero-order valence-electron chi connectivity index (χ0n) is 10.3. The molecule has 0 amide bonds. The Morgan fingerprint density at radius 1 is 1.17 bits per heavy atom. The van der Waals surface area contributed by atoms with Crippen LogP contribution in [0.4, 0.5) is 0 Å². The second-order valence-corrected chi connectivity index (χ2v) is 4.23. The Bertz CT molecular complexity index is 577. The molecule has 0 saturated heterocycles. The van der Waals surface area contributed by atoms with Gasteiger partial charge in [0, 0.05) is 5.56 Å². The Hall–Kier alpha value is -2.23. The lowest BCUT2D eigenvalue weighted by molar-refractivity contribution is -0.136. The Morgan fingerprint density at radius 3 is 2.44 bits per heavy atom. The summed E-state index contributed by atoms with van der Waals surface area (Å²) in [6.07, 6.45) is -0.0811. The predicted molar refractivity (Wildman–Crippen MR) is 68.3 cm³/mol. The van der Waals surface area contributed by atoms with Crippen LogP contribution < -0.4 is 0 Å². The maximum absolute atomic E-state index is 10.7. The first-order valence-electron chi connectivity index (χ1n) is 5.68. The van der Waals surface area contributed by atoms with Crippen molar-refractivity contribution in [3.05, 3.63) is 47.4 Å². The van der Waals surface area contributed by atoms with Crippen molar-refractivity contribution in [2.75, 3.05) is 0 Å². The summed E-state index contributed by atoms with van der Waals surface area (Å²) in [6.45, 7) is 3.79. The molecule has 0 unspecified atom stereocenters. The topological polar surface area (TPSA) is 63.1 Å². The van der Waals surface area contributed by atoms with E-state index in [4.69, 9.17) is 5.11 Å². The van der Waals surface area contributed by atoms with Gasteiger partial charge in [0.2, 0.25) is 0 Å². The molecule has 0 atom stereocenters. The van der Waals surface area contributed by atoms with E-state index in [9.17, 15) is 4.79 Å². The molecule has 0 saturated carbocycles. The minimum absolute atomic E-state index is 0.0811. The van der Waals surface area contributed by atoms with Crippen LogP contribution in [0, 0.1) is 13.8 Å². The van der Waals surface area contributed by atoms with Crippen LogP contribution in [0.2, 0.25) is 0 Å². The highest BCUT2D eigenvalue weighted by atomic mass is 16.4. The van der Waals surface area contributed by atoms with Gasteiger partial charge in [-0.25, -0.2) is 9.97 Å². The van der Waals surface area contributed by atoms with Crippen LogP contribution in [0.25, 0.3) is 11.3 Å². The number of aromatic nitrogens is 2. The highest BCUT2D eigenvalue weighted by Crippen LogP contribution is 2.18. The van der Waals surface area contributed by atoms with Gasteiger partial charge in [0.25, 0.3) is 0 Å². The van der Waals surface area contributed by atoms with Gasteiger partial charge in [-0.3, -0.25) is 4.79 Å². The first kappa shape index (κ1) is 12.2. The average Bonchev–Trinajstić information content (AvgIpc) is 2.28. The highest BCUT2D eigenvalue weighted by molar-refractivity contribution is 5.70. The van der Waals surface area contributed by atoms with E-state index in [1.54, 1.807) is 13.0 Å². The molecule has 0 bridgehead atoms. The minimum atomic E-state index is -0.886. The number of hydrogen-bond acceptors (Lipinski definition) is 3. The summed E-state index contributed by atoms with van der Waals surface area (Å²) < 4.78 is 0. The molecule has 0 fully saturated rings. The van der Waals surface area contributed by atoms with E-state index >= 15 is 0 Å². The quantitative estimate of drug-likeness (QED) is 0.897. The Morgan fingerprint density at radius 2 is 1.83 bits per heavy atom. The first-order chi connectivity index (χ1) is 8.54. The van der Waals surface area contributed by atoms with Crippen molar-refractivity contribution in [2.24, 2.45) is 0 Å². The molecule has 92 valence electrons. The van der Waals surface area contributed by atoms with E-state index in [0.717, 1.165) is 11.3 Å². The molecule has 18 heavy (non-hydrogen) atoms. The molecule has 0 aliphatic carbocycles. The molecule has 4 nitrogen and oxygen atoms in total. The van der Waals surface area contributed by atoms with Crippen molar-refractivity contribution in [1.82, 2.24) is 9.97 Å². The summed E-state index contributed by atoms with van der Waals surface area (Å²) in [4.78, 5) is 19.2. The van der Waals surface area contributed by atoms with Gasteiger partial charge < -0.3 is 5.11 Å². The van der Waals surface area contributed by atoms with E-state index in [0.29, 0.717) is 11.5 Å². The molecule has 1 aromatic heterocycles. The third-order valence-electron chi connectivity index (χ3n) is 2.57. The fourth-order valence-corrected chi connectivity index (χ4v) is 1.75. The number of carboxylic acids is 1. The monoisotopic (exact) mass is 242 g/mol. The Labute approximate surface area is 105 Å². The third kappa shape index (κ3) is 2.91. The summed E-state index contributed by atoms with van der Waals surface area (Å²) in [7, 11) is 0. The number of aliphatic carboxylic acids is 1. The Balaban J connectivity index is 2.41. The van der Waals surface area contributed by atoms with Crippen LogP contribution in [0.5, 0.6) is 0 Å². The number of rotatable bonds is 3. The van der Waals surface area contributed by atoms with Crippen molar-refractivity contribution >= 4 is 5.97 Å². The van der Waals surface area contributed by atoms with Gasteiger partial charge in [0.1, 0.15) is 5.82 Å². The fourth-order valence-electron chi connectivity index (χ4n) is 1.75. The van der Waals surface area contributed by atoms with Crippen molar-refractivity contribution in [1.29, 1.82) is 0 Å². The molecule has 2 rings (SSSR count). The molecule has 1 N–H and O–H groups in total. The molecule has 1 aromatic carbocycles. The van der Waals surface area contributed by atoms with Crippen LogP contribution >= 0.6 is 0 Å². The third-order valence-corrected chi connectivity index (χ3v) is 2.57. The maximum Gasteiger partial charge on any atom is 0.309 e. The number of carbonyl (C=O) groups is 1. The van der Waals surface area contributed by atoms with Crippen LogP contribution in [0.15, 0.2) is 30.3 Å². The van der Waals surface area contributed by atoms with E-state index in [1.807, 2.05) is 31.2 Å². The van der Waals surface area contributed by atoms with Crippen LogP contribution in [-0.4, -0.2) is 21.0 Å².